The minimum Gasteiger partial charge on any atom is -0.497 e. The maximum absolute atomic E-state index is 12.7. The minimum absolute atomic E-state index is 0.111. The quantitative estimate of drug-likeness (QED) is 0.661. The number of methoxy groups -OCH3 is 1. The first-order chi connectivity index (χ1) is 13.7. The van der Waals surface area contributed by atoms with Gasteiger partial charge in [-0.15, -0.1) is 11.3 Å². The van der Waals surface area contributed by atoms with E-state index in [2.05, 4.69) is 19.9 Å². The van der Waals surface area contributed by atoms with Gasteiger partial charge in [-0.05, 0) is 30.3 Å². The SMILES string of the molecule is COc1ccc(-c2nc(CC(=O)N3CCN(c4ncccn4)CC3)cs2)cc1. The predicted octanol–water partition coefficient (Wildman–Crippen LogP) is 2.50. The number of ether oxygens (including phenoxy) is 1. The smallest absolute Gasteiger partial charge is 0.228 e. The summed E-state index contributed by atoms with van der Waals surface area (Å²) in [4.78, 5) is 29.9. The van der Waals surface area contributed by atoms with E-state index in [9.17, 15) is 4.79 Å². The van der Waals surface area contributed by atoms with Crippen LogP contribution in [0.15, 0.2) is 48.1 Å². The van der Waals surface area contributed by atoms with E-state index in [1.807, 2.05) is 34.5 Å². The molecule has 0 aliphatic carbocycles. The fourth-order valence-electron chi connectivity index (χ4n) is 3.13. The van der Waals surface area contributed by atoms with E-state index in [1.165, 1.54) is 0 Å². The van der Waals surface area contributed by atoms with Crippen LogP contribution in [-0.4, -0.2) is 59.0 Å². The Kier molecular flexibility index (Phi) is 5.48. The summed E-state index contributed by atoms with van der Waals surface area (Å²) >= 11 is 1.55. The molecule has 0 bridgehead atoms. The van der Waals surface area contributed by atoms with Crippen LogP contribution in [0.25, 0.3) is 10.6 Å². The van der Waals surface area contributed by atoms with Crippen LogP contribution in [0.4, 0.5) is 5.95 Å². The van der Waals surface area contributed by atoms with Gasteiger partial charge in [0.15, 0.2) is 0 Å². The summed E-state index contributed by atoms with van der Waals surface area (Å²) in [5.74, 6) is 1.65. The zero-order valence-electron chi connectivity index (χ0n) is 15.6. The summed E-state index contributed by atoms with van der Waals surface area (Å²) in [6, 6.07) is 9.59. The molecule has 7 nitrogen and oxygen atoms in total. The van der Waals surface area contributed by atoms with Crippen LogP contribution in [0.2, 0.25) is 0 Å². The van der Waals surface area contributed by atoms with Crippen LogP contribution in [0.5, 0.6) is 5.75 Å². The zero-order valence-corrected chi connectivity index (χ0v) is 16.4. The van der Waals surface area contributed by atoms with Gasteiger partial charge in [0.1, 0.15) is 10.8 Å². The summed E-state index contributed by atoms with van der Waals surface area (Å²) in [7, 11) is 1.65. The van der Waals surface area contributed by atoms with E-state index in [1.54, 1.807) is 36.9 Å². The van der Waals surface area contributed by atoms with Gasteiger partial charge in [-0.3, -0.25) is 4.79 Å². The first kappa shape index (κ1) is 18.4. The number of piperazine rings is 1. The molecule has 4 rings (SSSR count). The summed E-state index contributed by atoms with van der Waals surface area (Å²) in [5.41, 5.74) is 1.84. The third kappa shape index (κ3) is 4.12. The third-order valence-electron chi connectivity index (χ3n) is 4.69. The van der Waals surface area contributed by atoms with Crippen LogP contribution in [0, 0.1) is 0 Å². The lowest BCUT2D eigenvalue weighted by molar-refractivity contribution is -0.130. The van der Waals surface area contributed by atoms with Crippen molar-refractivity contribution in [3.05, 3.63) is 53.8 Å². The van der Waals surface area contributed by atoms with E-state index in [4.69, 9.17) is 4.74 Å². The van der Waals surface area contributed by atoms with Gasteiger partial charge in [0, 0.05) is 49.5 Å². The third-order valence-corrected chi connectivity index (χ3v) is 5.63. The molecule has 0 spiro atoms. The molecule has 144 valence electrons. The normalized spacial score (nSPS) is 14.2. The average Bonchev–Trinajstić information content (AvgIpc) is 3.23. The van der Waals surface area contributed by atoms with Crippen molar-refractivity contribution in [2.45, 2.75) is 6.42 Å². The van der Waals surface area contributed by atoms with Crippen molar-refractivity contribution in [3.8, 4) is 16.3 Å². The van der Waals surface area contributed by atoms with E-state index >= 15 is 0 Å². The second-order valence-electron chi connectivity index (χ2n) is 6.47. The second kappa shape index (κ2) is 8.35. The molecule has 0 saturated carbocycles. The Labute approximate surface area is 167 Å². The molecular formula is C20H21N5O2S. The van der Waals surface area contributed by atoms with Gasteiger partial charge in [-0.1, -0.05) is 0 Å². The predicted molar refractivity (Wildman–Crippen MR) is 109 cm³/mol. The number of nitrogens with zero attached hydrogens (tertiary/aromatic N) is 5. The Morgan fingerprint density at radius 1 is 1.11 bits per heavy atom. The molecule has 1 aromatic carbocycles. The molecular weight excluding hydrogens is 374 g/mol. The highest BCUT2D eigenvalue weighted by atomic mass is 32.1. The van der Waals surface area contributed by atoms with Crippen molar-refractivity contribution in [2.75, 3.05) is 38.2 Å². The molecule has 28 heavy (non-hydrogen) atoms. The molecule has 0 atom stereocenters. The molecule has 0 radical (unpaired) electrons. The van der Waals surface area contributed by atoms with Gasteiger partial charge >= 0.3 is 0 Å². The number of amides is 1. The van der Waals surface area contributed by atoms with Crippen LogP contribution in [0.1, 0.15) is 5.69 Å². The number of rotatable bonds is 5. The topological polar surface area (TPSA) is 71.5 Å². The average molecular weight is 395 g/mol. The number of thiazole rings is 1. The van der Waals surface area contributed by atoms with Crippen LogP contribution < -0.4 is 9.64 Å². The van der Waals surface area contributed by atoms with Gasteiger partial charge in [0.25, 0.3) is 0 Å². The van der Waals surface area contributed by atoms with Crippen molar-refractivity contribution < 1.29 is 9.53 Å². The first-order valence-corrected chi connectivity index (χ1v) is 9.99. The Balaban J connectivity index is 1.34. The van der Waals surface area contributed by atoms with Gasteiger partial charge in [-0.2, -0.15) is 0 Å². The Bertz CT molecular complexity index is 921. The highest BCUT2D eigenvalue weighted by Crippen LogP contribution is 2.26. The molecule has 1 amide bonds. The van der Waals surface area contributed by atoms with Crippen molar-refractivity contribution in [3.63, 3.8) is 0 Å². The number of benzene rings is 1. The lowest BCUT2D eigenvalue weighted by Crippen LogP contribution is -2.49. The Hall–Kier alpha value is -3.00. The lowest BCUT2D eigenvalue weighted by atomic mass is 10.2. The van der Waals surface area contributed by atoms with Crippen molar-refractivity contribution in [2.24, 2.45) is 0 Å². The van der Waals surface area contributed by atoms with Crippen molar-refractivity contribution in [1.82, 2.24) is 19.9 Å². The summed E-state index contributed by atoms with van der Waals surface area (Å²) in [5, 5.41) is 2.88. The van der Waals surface area contributed by atoms with E-state index < -0.39 is 0 Å². The highest BCUT2D eigenvalue weighted by molar-refractivity contribution is 7.13. The summed E-state index contributed by atoms with van der Waals surface area (Å²) < 4.78 is 5.19. The maximum Gasteiger partial charge on any atom is 0.228 e. The maximum atomic E-state index is 12.7. The molecule has 3 aromatic rings. The van der Waals surface area contributed by atoms with E-state index in [0.29, 0.717) is 19.5 Å². The fraction of sp³-hybridized carbons (Fsp3) is 0.300. The largest absolute Gasteiger partial charge is 0.497 e. The summed E-state index contributed by atoms with van der Waals surface area (Å²) in [6.45, 7) is 2.83. The second-order valence-corrected chi connectivity index (χ2v) is 7.32. The number of carbonyl (C=O) groups excluding carboxylic acids is 1. The molecule has 1 aliphatic heterocycles. The molecule has 3 heterocycles. The number of hydrogen-bond donors (Lipinski definition) is 0. The fourth-order valence-corrected chi connectivity index (χ4v) is 3.96. The molecule has 1 fully saturated rings. The van der Waals surface area contributed by atoms with Gasteiger partial charge in [0.2, 0.25) is 11.9 Å². The lowest BCUT2D eigenvalue weighted by Gasteiger charge is -2.34. The van der Waals surface area contributed by atoms with E-state index in [0.717, 1.165) is 41.1 Å². The zero-order chi connectivity index (χ0) is 19.3. The first-order valence-electron chi connectivity index (χ1n) is 9.11. The van der Waals surface area contributed by atoms with Gasteiger partial charge in [0.05, 0.1) is 19.2 Å². The molecule has 1 saturated heterocycles. The van der Waals surface area contributed by atoms with Gasteiger partial charge < -0.3 is 14.5 Å². The molecule has 1 aliphatic rings. The number of carbonyl (C=O) groups is 1. The van der Waals surface area contributed by atoms with E-state index in [-0.39, 0.29) is 5.91 Å². The van der Waals surface area contributed by atoms with Crippen LogP contribution in [0.3, 0.4) is 0 Å². The number of aromatic nitrogens is 3. The molecule has 0 unspecified atom stereocenters. The van der Waals surface area contributed by atoms with Crippen LogP contribution in [-0.2, 0) is 11.2 Å². The van der Waals surface area contributed by atoms with Crippen molar-refractivity contribution in [1.29, 1.82) is 0 Å². The Morgan fingerprint density at radius 3 is 2.50 bits per heavy atom. The van der Waals surface area contributed by atoms with Gasteiger partial charge in [-0.25, -0.2) is 15.0 Å². The number of hydrogen-bond acceptors (Lipinski definition) is 7. The Morgan fingerprint density at radius 2 is 1.82 bits per heavy atom. The monoisotopic (exact) mass is 395 g/mol. The summed E-state index contributed by atoms with van der Waals surface area (Å²) in [6.07, 6.45) is 3.81. The van der Waals surface area contributed by atoms with Crippen LogP contribution >= 0.6 is 11.3 Å². The highest BCUT2D eigenvalue weighted by Gasteiger charge is 2.23. The molecule has 8 heteroatoms. The molecule has 2 aromatic heterocycles. The standard InChI is InChI=1S/C20H21N5O2S/c1-27-17-5-3-15(4-6-17)19-23-16(14-28-19)13-18(26)24-9-11-25(12-10-24)20-21-7-2-8-22-20/h2-8,14H,9-13H2,1H3. The number of anilines is 1. The molecule has 0 N–H and O–H groups in total. The minimum atomic E-state index is 0.111. The van der Waals surface area contributed by atoms with Crippen molar-refractivity contribution >= 4 is 23.2 Å².